The van der Waals surface area contributed by atoms with Crippen molar-refractivity contribution in [2.75, 3.05) is 12.0 Å². The summed E-state index contributed by atoms with van der Waals surface area (Å²) in [4.78, 5) is 14.9. The van der Waals surface area contributed by atoms with Gasteiger partial charge in [-0.05, 0) is 63.9 Å². The summed E-state index contributed by atoms with van der Waals surface area (Å²) in [5, 5.41) is 0. The molecule has 4 heteroatoms. The van der Waals surface area contributed by atoms with Gasteiger partial charge in [0.1, 0.15) is 11.4 Å². The van der Waals surface area contributed by atoms with E-state index in [1.807, 2.05) is 75.4 Å². The molecule has 0 fully saturated rings. The zero-order chi connectivity index (χ0) is 19.4. The van der Waals surface area contributed by atoms with Crippen molar-refractivity contribution >= 4 is 11.8 Å². The predicted octanol–water partition coefficient (Wildman–Crippen LogP) is 5.76. The molecule has 2 aromatic carbocycles. The highest BCUT2D eigenvalue weighted by atomic mass is 16.6. The molecule has 0 radical (unpaired) electrons. The molecule has 1 atom stereocenters. The van der Waals surface area contributed by atoms with Gasteiger partial charge in [-0.15, -0.1) is 0 Å². The van der Waals surface area contributed by atoms with Gasteiger partial charge in [0.2, 0.25) is 0 Å². The third-order valence-electron chi connectivity index (χ3n) is 4.48. The number of carbonyl (C=O) groups is 1. The molecule has 2 rings (SSSR count). The second kappa shape index (κ2) is 7.81. The van der Waals surface area contributed by atoms with Gasteiger partial charge in [0.15, 0.2) is 0 Å². The van der Waals surface area contributed by atoms with E-state index in [2.05, 4.69) is 13.8 Å². The van der Waals surface area contributed by atoms with Crippen LogP contribution in [0.3, 0.4) is 0 Å². The van der Waals surface area contributed by atoms with E-state index >= 15 is 0 Å². The standard InChI is InChI=1S/C22H29NO3/c1-7-22(5,17-11-9-8-10-12-17)23(20(24)26-21(2,3)4)18-13-15-19(25-6)16-14-18/h8-16H,7H2,1-6H3/t22-/m0/s1. The highest BCUT2D eigenvalue weighted by Gasteiger charge is 2.39. The molecular formula is C22H29NO3. The Morgan fingerprint density at radius 3 is 2.00 bits per heavy atom. The van der Waals surface area contributed by atoms with Gasteiger partial charge in [-0.1, -0.05) is 37.3 Å². The lowest BCUT2D eigenvalue weighted by atomic mass is 9.87. The average molecular weight is 355 g/mol. The highest BCUT2D eigenvalue weighted by molar-refractivity contribution is 5.90. The minimum absolute atomic E-state index is 0.365. The summed E-state index contributed by atoms with van der Waals surface area (Å²) in [5.41, 5.74) is 0.711. The zero-order valence-corrected chi connectivity index (χ0v) is 16.6. The zero-order valence-electron chi connectivity index (χ0n) is 16.6. The fraction of sp³-hybridized carbons (Fsp3) is 0.409. The van der Waals surface area contributed by atoms with Crippen LogP contribution in [0.25, 0.3) is 0 Å². The van der Waals surface area contributed by atoms with E-state index in [9.17, 15) is 4.79 Å². The molecule has 0 aliphatic rings. The first-order valence-electron chi connectivity index (χ1n) is 8.94. The molecule has 0 aromatic heterocycles. The SMILES string of the molecule is CC[C@@](C)(c1ccccc1)N(C(=O)OC(C)(C)C)c1ccc(OC)cc1. The van der Waals surface area contributed by atoms with Crippen LogP contribution in [0.15, 0.2) is 54.6 Å². The van der Waals surface area contributed by atoms with E-state index in [0.717, 1.165) is 23.4 Å². The highest BCUT2D eigenvalue weighted by Crippen LogP contribution is 2.37. The molecule has 26 heavy (non-hydrogen) atoms. The van der Waals surface area contributed by atoms with E-state index in [1.165, 1.54) is 0 Å². The van der Waals surface area contributed by atoms with Gasteiger partial charge in [0.05, 0.1) is 12.6 Å². The molecule has 4 nitrogen and oxygen atoms in total. The van der Waals surface area contributed by atoms with Gasteiger partial charge in [-0.3, -0.25) is 4.90 Å². The minimum atomic E-state index is -0.576. The minimum Gasteiger partial charge on any atom is -0.497 e. The van der Waals surface area contributed by atoms with Crippen LogP contribution in [0.1, 0.15) is 46.6 Å². The maximum atomic E-state index is 13.2. The van der Waals surface area contributed by atoms with Gasteiger partial charge in [-0.25, -0.2) is 4.79 Å². The van der Waals surface area contributed by atoms with E-state index in [-0.39, 0.29) is 6.09 Å². The van der Waals surface area contributed by atoms with E-state index < -0.39 is 11.1 Å². The second-order valence-electron chi connectivity index (χ2n) is 7.51. The molecule has 0 saturated carbocycles. The summed E-state index contributed by atoms with van der Waals surface area (Å²) in [5.74, 6) is 0.746. The van der Waals surface area contributed by atoms with Crippen LogP contribution in [0.5, 0.6) is 5.75 Å². The number of benzene rings is 2. The summed E-state index contributed by atoms with van der Waals surface area (Å²) in [6, 6.07) is 17.5. The molecule has 0 N–H and O–H groups in total. The summed E-state index contributed by atoms with van der Waals surface area (Å²) < 4.78 is 11.0. The quantitative estimate of drug-likeness (QED) is 0.684. The van der Waals surface area contributed by atoms with Crippen LogP contribution in [-0.4, -0.2) is 18.8 Å². The third kappa shape index (κ3) is 4.37. The van der Waals surface area contributed by atoms with Gasteiger partial charge < -0.3 is 9.47 Å². The largest absolute Gasteiger partial charge is 0.497 e. The molecule has 0 aliphatic heterocycles. The maximum Gasteiger partial charge on any atom is 0.415 e. The fourth-order valence-electron chi connectivity index (χ4n) is 2.92. The molecule has 0 saturated heterocycles. The van der Waals surface area contributed by atoms with Crippen LogP contribution < -0.4 is 9.64 Å². The van der Waals surface area contributed by atoms with Crippen molar-refractivity contribution in [3.05, 3.63) is 60.2 Å². The molecule has 0 bridgehead atoms. The van der Waals surface area contributed by atoms with E-state index in [4.69, 9.17) is 9.47 Å². The van der Waals surface area contributed by atoms with Crippen molar-refractivity contribution in [2.45, 2.75) is 52.2 Å². The molecule has 2 aromatic rings. The predicted molar refractivity (Wildman–Crippen MR) is 106 cm³/mol. The van der Waals surface area contributed by atoms with Crippen molar-refractivity contribution in [1.29, 1.82) is 0 Å². The lowest BCUT2D eigenvalue weighted by molar-refractivity contribution is 0.0536. The Labute approximate surface area is 156 Å². The smallest absolute Gasteiger partial charge is 0.415 e. The molecule has 0 spiro atoms. The first-order valence-corrected chi connectivity index (χ1v) is 8.94. The van der Waals surface area contributed by atoms with Crippen LogP contribution in [-0.2, 0) is 10.3 Å². The van der Waals surface area contributed by atoms with Gasteiger partial charge >= 0.3 is 6.09 Å². The lowest BCUT2D eigenvalue weighted by Crippen LogP contribution is -2.49. The maximum absolute atomic E-state index is 13.2. The molecule has 0 unspecified atom stereocenters. The fourth-order valence-corrected chi connectivity index (χ4v) is 2.92. The van der Waals surface area contributed by atoms with Crippen molar-refractivity contribution in [3.63, 3.8) is 0 Å². The first kappa shape index (κ1) is 19.8. The van der Waals surface area contributed by atoms with Gasteiger partial charge in [0, 0.05) is 5.69 Å². The molecule has 140 valence electrons. The van der Waals surface area contributed by atoms with Gasteiger partial charge in [-0.2, -0.15) is 0 Å². The molecule has 0 heterocycles. The Morgan fingerprint density at radius 1 is 0.962 bits per heavy atom. The summed E-state index contributed by atoms with van der Waals surface area (Å²) in [7, 11) is 1.63. The van der Waals surface area contributed by atoms with Crippen molar-refractivity contribution in [2.24, 2.45) is 0 Å². The topological polar surface area (TPSA) is 38.8 Å². The summed E-state index contributed by atoms with van der Waals surface area (Å²) in [6.45, 7) is 9.78. The number of ether oxygens (including phenoxy) is 2. The summed E-state index contributed by atoms with van der Waals surface area (Å²) in [6.07, 6.45) is 0.373. The molecular weight excluding hydrogens is 326 g/mol. The number of anilines is 1. The van der Waals surface area contributed by atoms with Crippen LogP contribution in [0, 0.1) is 0 Å². The molecule has 0 aliphatic carbocycles. The molecule has 1 amide bonds. The Balaban J connectivity index is 2.55. The first-order chi connectivity index (χ1) is 12.2. The van der Waals surface area contributed by atoms with Crippen molar-refractivity contribution in [3.8, 4) is 5.75 Å². The van der Waals surface area contributed by atoms with Crippen molar-refractivity contribution < 1.29 is 14.3 Å². The number of hydrogen-bond donors (Lipinski definition) is 0. The van der Waals surface area contributed by atoms with Crippen LogP contribution in [0.4, 0.5) is 10.5 Å². The second-order valence-corrected chi connectivity index (χ2v) is 7.51. The number of methoxy groups -OCH3 is 1. The number of hydrogen-bond acceptors (Lipinski definition) is 3. The number of carbonyl (C=O) groups excluding carboxylic acids is 1. The normalized spacial score (nSPS) is 13.6. The average Bonchev–Trinajstić information content (AvgIpc) is 2.61. The number of rotatable bonds is 5. The monoisotopic (exact) mass is 355 g/mol. The Hall–Kier alpha value is -2.49. The van der Waals surface area contributed by atoms with E-state index in [0.29, 0.717) is 0 Å². The van der Waals surface area contributed by atoms with Crippen LogP contribution in [0.2, 0.25) is 0 Å². The van der Waals surface area contributed by atoms with Crippen LogP contribution >= 0.6 is 0 Å². The third-order valence-corrected chi connectivity index (χ3v) is 4.48. The Bertz CT molecular complexity index is 719. The number of amides is 1. The van der Waals surface area contributed by atoms with Gasteiger partial charge in [0.25, 0.3) is 0 Å². The van der Waals surface area contributed by atoms with E-state index in [1.54, 1.807) is 12.0 Å². The number of nitrogens with zero attached hydrogens (tertiary/aromatic N) is 1. The van der Waals surface area contributed by atoms with Crippen molar-refractivity contribution in [1.82, 2.24) is 0 Å². The Kier molecular flexibility index (Phi) is 5.96. The lowest BCUT2D eigenvalue weighted by Gasteiger charge is -2.41. The summed E-state index contributed by atoms with van der Waals surface area (Å²) >= 11 is 0. The Morgan fingerprint density at radius 2 is 1.54 bits per heavy atom.